The van der Waals surface area contributed by atoms with Crippen LogP contribution in [0.25, 0.3) is 0 Å². The zero-order valence-corrected chi connectivity index (χ0v) is 17.6. The number of ether oxygens (including phenoxy) is 1. The highest BCUT2D eigenvalue weighted by Crippen LogP contribution is 2.16. The van der Waals surface area contributed by atoms with Crippen LogP contribution in [0.3, 0.4) is 0 Å². The fourth-order valence-corrected chi connectivity index (χ4v) is 2.85. The van der Waals surface area contributed by atoms with Gasteiger partial charge in [0.15, 0.2) is 6.61 Å². The topological polar surface area (TPSA) is 58.6 Å². The number of amides is 2. The highest BCUT2D eigenvalue weighted by Gasteiger charge is 2.27. The fourth-order valence-electron chi connectivity index (χ4n) is 2.64. The van der Waals surface area contributed by atoms with E-state index in [-0.39, 0.29) is 36.8 Å². The van der Waals surface area contributed by atoms with E-state index in [1.807, 2.05) is 19.9 Å². The number of carbonyl (C=O) groups is 2. The van der Waals surface area contributed by atoms with Crippen LogP contribution in [0.4, 0.5) is 4.39 Å². The molecule has 156 valence electrons. The molecule has 2 aromatic carbocycles. The van der Waals surface area contributed by atoms with Crippen LogP contribution in [0, 0.1) is 5.82 Å². The lowest BCUT2D eigenvalue weighted by Crippen LogP contribution is -2.50. The van der Waals surface area contributed by atoms with E-state index in [0.29, 0.717) is 10.8 Å². The molecule has 0 fully saturated rings. The van der Waals surface area contributed by atoms with Gasteiger partial charge in [0, 0.05) is 17.6 Å². The van der Waals surface area contributed by atoms with E-state index >= 15 is 0 Å². The molecule has 29 heavy (non-hydrogen) atoms. The van der Waals surface area contributed by atoms with Gasteiger partial charge in [0.05, 0.1) is 0 Å². The van der Waals surface area contributed by atoms with Gasteiger partial charge in [-0.05, 0) is 62.2 Å². The summed E-state index contributed by atoms with van der Waals surface area (Å²) in [6.45, 7) is 5.50. The summed E-state index contributed by atoms with van der Waals surface area (Å²) >= 11 is 6.05. The number of hydrogen-bond donors (Lipinski definition) is 1. The molecule has 5 nitrogen and oxygen atoms in total. The van der Waals surface area contributed by atoms with E-state index in [1.165, 1.54) is 29.2 Å². The molecule has 0 aliphatic rings. The quantitative estimate of drug-likeness (QED) is 0.661. The highest BCUT2D eigenvalue weighted by molar-refractivity contribution is 6.30. The minimum absolute atomic E-state index is 0.00327. The molecule has 0 spiro atoms. The molecule has 0 aromatic heterocycles. The van der Waals surface area contributed by atoms with Crippen molar-refractivity contribution >= 4 is 23.4 Å². The van der Waals surface area contributed by atoms with Gasteiger partial charge in [0.2, 0.25) is 5.91 Å². The average Bonchev–Trinajstić information content (AvgIpc) is 2.70. The van der Waals surface area contributed by atoms with Crippen molar-refractivity contribution in [2.45, 2.75) is 45.8 Å². The third-order valence-electron chi connectivity index (χ3n) is 4.59. The second-order valence-corrected chi connectivity index (χ2v) is 7.32. The van der Waals surface area contributed by atoms with Gasteiger partial charge in [0.25, 0.3) is 5.91 Å². The van der Waals surface area contributed by atoms with Gasteiger partial charge in [-0.1, -0.05) is 30.7 Å². The van der Waals surface area contributed by atoms with Gasteiger partial charge in [-0.3, -0.25) is 9.59 Å². The van der Waals surface area contributed by atoms with Gasteiger partial charge < -0.3 is 15.0 Å². The third kappa shape index (κ3) is 7.06. The summed E-state index contributed by atoms with van der Waals surface area (Å²) < 4.78 is 18.5. The third-order valence-corrected chi connectivity index (χ3v) is 4.82. The lowest BCUT2D eigenvalue weighted by atomic mass is 10.1. The number of carbonyl (C=O) groups excluding carboxylic acids is 2. The summed E-state index contributed by atoms with van der Waals surface area (Å²) in [6.07, 6.45) is 0.786. The summed E-state index contributed by atoms with van der Waals surface area (Å²) in [5, 5.41) is 3.45. The highest BCUT2D eigenvalue weighted by atomic mass is 35.5. The Balaban J connectivity index is 2.14. The molecule has 2 amide bonds. The molecule has 0 saturated heterocycles. The number of halogens is 2. The molecule has 7 heteroatoms. The average molecular weight is 421 g/mol. The van der Waals surface area contributed by atoms with Crippen LogP contribution >= 0.6 is 11.6 Å². The molecule has 1 N–H and O–H groups in total. The van der Waals surface area contributed by atoms with Crippen LogP contribution < -0.4 is 10.1 Å². The molecule has 0 unspecified atom stereocenters. The predicted molar refractivity (Wildman–Crippen MR) is 111 cm³/mol. The normalized spacial score (nSPS) is 12.7. The second kappa shape index (κ2) is 10.8. The van der Waals surface area contributed by atoms with E-state index in [2.05, 4.69) is 5.32 Å². The van der Waals surface area contributed by atoms with Crippen LogP contribution in [0.5, 0.6) is 5.75 Å². The van der Waals surface area contributed by atoms with Gasteiger partial charge >= 0.3 is 0 Å². The van der Waals surface area contributed by atoms with Gasteiger partial charge in [-0.15, -0.1) is 0 Å². The summed E-state index contributed by atoms with van der Waals surface area (Å²) in [5.41, 5.74) is 0.802. The standard InChI is InChI=1S/C22H26ClFN2O3/c1-4-15(2)25-22(28)16(3)26(13-17-6-5-7-18(23)12-17)21(27)14-29-20-10-8-19(24)9-11-20/h5-12,15-16H,4,13-14H2,1-3H3,(H,25,28)/t15-,16-/m0/s1. The van der Waals surface area contributed by atoms with Crippen molar-refractivity contribution < 1.29 is 18.7 Å². The molecule has 2 atom stereocenters. The van der Waals surface area contributed by atoms with Gasteiger partial charge in [0.1, 0.15) is 17.6 Å². The molecule has 0 bridgehead atoms. The Hall–Kier alpha value is -2.60. The van der Waals surface area contributed by atoms with E-state index in [0.717, 1.165) is 12.0 Å². The Labute approximate surface area is 175 Å². The fraction of sp³-hybridized carbons (Fsp3) is 0.364. The van der Waals surface area contributed by atoms with Crippen LogP contribution in [0.1, 0.15) is 32.8 Å². The summed E-state index contributed by atoms with van der Waals surface area (Å²) in [4.78, 5) is 27.0. The lowest BCUT2D eigenvalue weighted by Gasteiger charge is -2.29. The van der Waals surface area contributed by atoms with Crippen LogP contribution in [-0.2, 0) is 16.1 Å². The van der Waals surface area contributed by atoms with Crippen LogP contribution in [-0.4, -0.2) is 35.4 Å². The van der Waals surface area contributed by atoms with E-state index in [9.17, 15) is 14.0 Å². The van der Waals surface area contributed by atoms with Crippen molar-refractivity contribution in [3.8, 4) is 5.75 Å². The number of benzene rings is 2. The zero-order valence-electron chi connectivity index (χ0n) is 16.8. The van der Waals surface area contributed by atoms with E-state index in [4.69, 9.17) is 16.3 Å². The van der Waals surface area contributed by atoms with Crippen LogP contribution in [0.2, 0.25) is 5.02 Å². The van der Waals surface area contributed by atoms with Gasteiger partial charge in [-0.2, -0.15) is 0 Å². The maximum Gasteiger partial charge on any atom is 0.261 e. The molecular weight excluding hydrogens is 395 g/mol. The molecule has 0 aliphatic heterocycles. The first-order valence-corrected chi connectivity index (χ1v) is 9.90. The first-order valence-electron chi connectivity index (χ1n) is 9.52. The van der Waals surface area contributed by atoms with Crippen molar-refractivity contribution in [1.29, 1.82) is 0 Å². The Bertz CT molecular complexity index is 829. The Kier molecular flexibility index (Phi) is 8.46. The zero-order chi connectivity index (χ0) is 21.4. The lowest BCUT2D eigenvalue weighted by molar-refractivity contribution is -0.142. The van der Waals surface area contributed by atoms with Crippen molar-refractivity contribution in [2.24, 2.45) is 0 Å². The largest absolute Gasteiger partial charge is 0.484 e. The monoisotopic (exact) mass is 420 g/mol. The molecule has 0 radical (unpaired) electrons. The van der Waals surface area contributed by atoms with Crippen molar-refractivity contribution in [1.82, 2.24) is 10.2 Å². The van der Waals surface area contributed by atoms with E-state index in [1.54, 1.807) is 25.1 Å². The van der Waals surface area contributed by atoms with Crippen molar-refractivity contribution in [3.63, 3.8) is 0 Å². The second-order valence-electron chi connectivity index (χ2n) is 6.89. The maximum atomic E-state index is 13.0. The molecule has 0 aliphatic carbocycles. The summed E-state index contributed by atoms with van der Waals surface area (Å²) in [6, 6.07) is 11.8. The smallest absolute Gasteiger partial charge is 0.261 e. The Morgan fingerprint density at radius 2 is 1.86 bits per heavy atom. The minimum atomic E-state index is -0.702. The predicted octanol–water partition coefficient (Wildman–Crippen LogP) is 4.19. The maximum absolute atomic E-state index is 13.0. The summed E-state index contributed by atoms with van der Waals surface area (Å²) in [5.74, 6) is -0.613. The van der Waals surface area contributed by atoms with E-state index < -0.39 is 6.04 Å². The first-order chi connectivity index (χ1) is 13.8. The number of nitrogens with one attached hydrogen (secondary N) is 1. The van der Waals surface area contributed by atoms with Crippen molar-refractivity contribution in [2.75, 3.05) is 6.61 Å². The van der Waals surface area contributed by atoms with Crippen molar-refractivity contribution in [3.05, 3.63) is 64.9 Å². The minimum Gasteiger partial charge on any atom is -0.484 e. The molecular formula is C22H26ClFN2O3. The Morgan fingerprint density at radius 1 is 1.17 bits per heavy atom. The molecule has 2 aromatic rings. The number of nitrogens with zero attached hydrogens (tertiary/aromatic N) is 1. The number of rotatable bonds is 9. The Morgan fingerprint density at radius 3 is 2.48 bits per heavy atom. The first kappa shape index (κ1) is 22.7. The van der Waals surface area contributed by atoms with Gasteiger partial charge in [-0.25, -0.2) is 4.39 Å². The number of hydrogen-bond acceptors (Lipinski definition) is 3. The molecule has 0 heterocycles. The van der Waals surface area contributed by atoms with Crippen LogP contribution in [0.15, 0.2) is 48.5 Å². The SMILES string of the molecule is CC[C@H](C)NC(=O)[C@H](C)N(Cc1cccc(Cl)c1)C(=O)COc1ccc(F)cc1. The molecule has 2 rings (SSSR count). The summed E-state index contributed by atoms with van der Waals surface area (Å²) in [7, 11) is 0. The molecule has 0 saturated carbocycles.